The van der Waals surface area contributed by atoms with E-state index >= 15 is 0 Å². The number of carbonyl (C=O) groups is 1. The van der Waals surface area contributed by atoms with Crippen molar-refractivity contribution in [1.29, 1.82) is 0 Å². The number of aromatic nitrogens is 4. The van der Waals surface area contributed by atoms with Gasteiger partial charge in [-0.05, 0) is 55.3 Å². The lowest BCUT2D eigenvalue weighted by molar-refractivity contribution is -0.116. The van der Waals surface area contributed by atoms with Gasteiger partial charge in [-0.1, -0.05) is 13.0 Å². The summed E-state index contributed by atoms with van der Waals surface area (Å²) in [5, 5.41) is 10.9. The van der Waals surface area contributed by atoms with Gasteiger partial charge in [0.25, 0.3) is 0 Å². The molecule has 4 rings (SSSR count). The van der Waals surface area contributed by atoms with Crippen LogP contribution in [-0.2, 0) is 11.2 Å². The van der Waals surface area contributed by atoms with Crippen molar-refractivity contribution < 1.29 is 13.9 Å². The van der Waals surface area contributed by atoms with Gasteiger partial charge in [-0.2, -0.15) is 0 Å². The van der Waals surface area contributed by atoms with E-state index in [9.17, 15) is 14.0 Å². The fourth-order valence-electron chi connectivity index (χ4n) is 3.63. The van der Waals surface area contributed by atoms with E-state index in [-0.39, 0.29) is 29.5 Å². The van der Waals surface area contributed by atoms with E-state index in [1.807, 2.05) is 13.8 Å². The number of halogens is 1. The number of nitrogens with one attached hydrogen (secondary N) is 1. The topological polar surface area (TPSA) is 90.5 Å². The van der Waals surface area contributed by atoms with Gasteiger partial charge in [0.2, 0.25) is 11.6 Å². The number of hydrogen-bond donors (Lipinski definition) is 1. The minimum absolute atomic E-state index is 0.0699. The predicted molar refractivity (Wildman–Crippen MR) is 122 cm³/mol. The smallest absolute Gasteiger partial charge is 0.300 e. The second-order valence-corrected chi connectivity index (χ2v) is 7.78. The maximum atomic E-state index is 13.3. The highest BCUT2D eigenvalue weighted by atomic mass is 19.1. The number of fused-ring (bicyclic) bond motifs is 1. The van der Waals surface area contributed by atoms with Crippen molar-refractivity contribution >= 4 is 17.2 Å². The van der Waals surface area contributed by atoms with Gasteiger partial charge in [-0.3, -0.25) is 18.6 Å². The Bertz CT molecular complexity index is 1330. The number of hydrogen-bond acceptors (Lipinski definition) is 5. The third-order valence-electron chi connectivity index (χ3n) is 5.14. The maximum Gasteiger partial charge on any atom is 0.300 e. The Balaban J connectivity index is 1.47. The first kappa shape index (κ1) is 22.2. The van der Waals surface area contributed by atoms with E-state index < -0.39 is 5.82 Å². The Morgan fingerprint density at radius 2 is 1.94 bits per heavy atom. The summed E-state index contributed by atoms with van der Waals surface area (Å²) in [6.45, 7) is 4.39. The first-order valence-corrected chi connectivity index (χ1v) is 10.7. The van der Waals surface area contributed by atoms with E-state index in [0.29, 0.717) is 30.2 Å². The van der Waals surface area contributed by atoms with E-state index in [1.165, 1.54) is 22.8 Å². The third-order valence-corrected chi connectivity index (χ3v) is 5.14. The molecule has 0 saturated heterocycles. The SMILES string of the molecule is CCOc1ccc(-n2ccn3c(C[C@H](C)CC(=O)Nc4cccc(F)c4)nnc3c2=O)cc1. The predicted octanol–water partition coefficient (Wildman–Crippen LogP) is 3.63. The van der Waals surface area contributed by atoms with E-state index in [4.69, 9.17) is 4.74 Å². The second kappa shape index (κ2) is 9.64. The number of ether oxygens (including phenoxy) is 1. The van der Waals surface area contributed by atoms with Crippen LogP contribution in [0, 0.1) is 11.7 Å². The monoisotopic (exact) mass is 449 g/mol. The van der Waals surface area contributed by atoms with E-state index in [1.54, 1.807) is 47.1 Å². The fraction of sp³-hybridized carbons (Fsp3) is 0.250. The van der Waals surface area contributed by atoms with Crippen molar-refractivity contribution in [3.05, 3.63) is 82.9 Å². The average Bonchev–Trinajstić information content (AvgIpc) is 3.18. The summed E-state index contributed by atoms with van der Waals surface area (Å²) < 4.78 is 21.9. The van der Waals surface area contributed by atoms with Crippen molar-refractivity contribution in [1.82, 2.24) is 19.2 Å². The van der Waals surface area contributed by atoms with Gasteiger partial charge in [0.1, 0.15) is 17.4 Å². The summed E-state index contributed by atoms with van der Waals surface area (Å²) in [4.78, 5) is 25.3. The first-order chi connectivity index (χ1) is 15.9. The van der Waals surface area contributed by atoms with Crippen LogP contribution in [0.25, 0.3) is 11.3 Å². The van der Waals surface area contributed by atoms with Crippen molar-refractivity contribution in [3.8, 4) is 11.4 Å². The van der Waals surface area contributed by atoms with Crippen LogP contribution in [0.4, 0.5) is 10.1 Å². The zero-order valence-corrected chi connectivity index (χ0v) is 18.4. The van der Waals surface area contributed by atoms with Gasteiger partial charge >= 0.3 is 5.56 Å². The van der Waals surface area contributed by atoms with Crippen molar-refractivity contribution in [2.75, 3.05) is 11.9 Å². The number of nitrogens with zero attached hydrogens (tertiary/aromatic N) is 4. The summed E-state index contributed by atoms with van der Waals surface area (Å²) in [5.74, 6) is 0.619. The summed E-state index contributed by atoms with van der Waals surface area (Å²) in [5.41, 5.74) is 1.02. The molecule has 0 bridgehead atoms. The van der Waals surface area contributed by atoms with Gasteiger partial charge in [0.15, 0.2) is 0 Å². The van der Waals surface area contributed by atoms with Crippen LogP contribution < -0.4 is 15.6 Å². The highest BCUT2D eigenvalue weighted by Crippen LogP contribution is 2.16. The molecule has 0 aliphatic rings. The van der Waals surface area contributed by atoms with Crippen molar-refractivity contribution in [2.24, 2.45) is 5.92 Å². The third kappa shape index (κ3) is 5.08. The Morgan fingerprint density at radius 3 is 2.67 bits per heavy atom. The molecule has 0 aliphatic heterocycles. The van der Waals surface area contributed by atoms with Gasteiger partial charge in [0.05, 0.1) is 6.61 Å². The lowest BCUT2D eigenvalue weighted by atomic mass is 10.0. The number of anilines is 1. The molecule has 8 nitrogen and oxygen atoms in total. The summed E-state index contributed by atoms with van der Waals surface area (Å²) in [6.07, 6.45) is 4.07. The molecule has 2 aromatic heterocycles. The minimum atomic E-state index is -0.410. The molecule has 0 radical (unpaired) electrons. The largest absolute Gasteiger partial charge is 0.494 e. The molecule has 0 unspecified atom stereocenters. The van der Waals surface area contributed by atoms with Gasteiger partial charge in [0, 0.05) is 36.6 Å². The quantitative estimate of drug-likeness (QED) is 0.444. The maximum absolute atomic E-state index is 13.3. The molecular formula is C24H24FN5O3. The molecule has 170 valence electrons. The normalized spacial score (nSPS) is 12.0. The molecule has 0 fully saturated rings. The molecule has 1 amide bonds. The fourth-order valence-corrected chi connectivity index (χ4v) is 3.63. The molecule has 2 heterocycles. The van der Waals surface area contributed by atoms with Gasteiger partial charge < -0.3 is 10.1 Å². The average molecular weight is 449 g/mol. The van der Waals surface area contributed by atoms with Crippen LogP contribution in [0.5, 0.6) is 5.75 Å². The van der Waals surface area contributed by atoms with Crippen LogP contribution in [0.2, 0.25) is 0 Å². The van der Waals surface area contributed by atoms with E-state index in [0.717, 1.165) is 5.75 Å². The molecule has 4 aromatic rings. The Morgan fingerprint density at radius 1 is 1.15 bits per heavy atom. The highest BCUT2D eigenvalue weighted by Gasteiger charge is 2.16. The summed E-state index contributed by atoms with van der Waals surface area (Å²) in [7, 11) is 0. The molecule has 1 N–H and O–H groups in total. The lowest BCUT2D eigenvalue weighted by Gasteiger charge is -2.11. The molecule has 0 spiro atoms. The summed E-state index contributed by atoms with van der Waals surface area (Å²) >= 11 is 0. The molecule has 0 saturated carbocycles. The summed E-state index contributed by atoms with van der Waals surface area (Å²) in [6, 6.07) is 13.0. The van der Waals surface area contributed by atoms with Crippen molar-refractivity contribution in [3.63, 3.8) is 0 Å². The molecule has 2 aromatic carbocycles. The van der Waals surface area contributed by atoms with Crippen LogP contribution in [0.15, 0.2) is 65.7 Å². The van der Waals surface area contributed by atoms with Crippen LogP contribution >= 0.6 is 0 Å². The Hall–Kier alpha value is -4.01. The standard InChI is InChI=1S/C24H24FN5O3/c1-3-33-20-9-7-19(8-10-20)29-11-12-30-21(27-28-23(30)24(29)32)13-16(2)14-22(31)26-18-6-4-5-17(25)15-18/h4-12,15-16H,3,13-14H2,1-2H3,(H,26,31)/t16-/m0/s1. The second-order valence-electron chi connectivity index (χ2n) is 7.78. The van der Waals surface area contributed by atoms with Crippen LogP contribution in [0.1, 0.15) is 26.1 Å². The Labute approximate surface area is 189 Å². The number of rotatable bonds is 8. The number of amides is 1. The molecule has 33 heavy (non-hydrogen) atoms. The Kier molecular flexibility index (Phi) is 6.48. The lowest BCUT2D eigenvalue weighted by Crippen LogP contribution is -2.21. The number of carbonyl (C=O) groups excluding carboxylic acids is 1. The molecule has 9 heteroatoms. The molecule has 0 aliphatic carbocycles. The molecule has 1 atom stereocenters. The van der Waals surface area contributed by atoms with Gasteiger partial charge in [-0.25, -0.2) is 4.39 Å². The first-order valence-electron chi connectivity index (χ1n) is 10.7. The number of benzene rings is 2. The zero-order chi connectivity index (χ0) is 23.4. The van der Waals surface area contributed by atoms with Crippen molar-refractivity contribution in [2.45, 2.75) is 26.7 Å². The zero-order valence-electron chi connectivity index (χ0n) is 18.4. The minimum Gasteiger partial charge on any atom is -0.494 e. The highest BCUT2D eigenvalue weighted by molar-refractivity contribution is 5.90. The van der Waals surface area contributed by atoms with Crippen LogP contribution in [0.3, 0.4) is 0 Å². The van der Waals surface area contributed by atoms with Gasteiger partial charge in [-0.15, -0.1) is 10.2 Å². The van der Waals surface area contributed by atoms with Crippen LogP contribution in [-0.4, -0.2) is 31.7 Å². The van der Waals surface area contributed by atoms with E-state index in [2.05, 4.69) is 15.5 Å². The molecular weight excluding hydrogens is 425 g/mol.